The predicted molar refractivity (Wildman–Crippen MR) is 133 cm³/mol. The summed E-state index contributed by atoms with van der Waals surface area (Å²) in [6, 6.07) is 0. The van der Waals surface area contributed by atoms with Crippen molar-refractivity contribution in [2.75, 3.05) is 0 Å². The molecule has 1 heteroatoms. The summed E-state index contributed by atoms with van der Waals surface area (Å²) in [5.41, 5.74) is 4.35. The quantitative estimate of drug-likeness (QED) is 0.409. The van der Waals surface area contributed by atoms with Crippen LogP contribution in [0.5, 0.6) is 0 Å². The molecule has 4 aliphatic rings. The highest BCUT2D eigenvalue weighted by atomic mass is 16.5. The van der Waals surface area contributed by atoms with Crippen molar-refractivity contribution in [3.05, 3.63) is 23.8 Å². The maximum absolute atomic E-state index is 7.05. The summed E-state index contributed by atoms with van der Waals surface area (Å²) < 4.78 is 7.05. The van der Waals surface area contributed by atoms with Crippen LogP contribution in [0, 0.1) is 34.0 Å². The molecule has 1 saturated heterocycles. The molecule has 0 unspecified atom stereocenters. The summed E-state index contributed by atoms with van der Waals surface area (Å²) in [6.45, 7) is 21.8. The summed E-state index contributed by atoms with van der Waals surface area (Å²) >= 11 is 0. The van der Waals surface area contributed by atoms with E-state index in [1.807, 2.05) is 0 Å². The molecule has 4 rings (SSSR count). The molecule has 0 radical (unpaired) electrons. The van der Waals surface area contributed by atoms with Crippen LogP contribution in [0.2, 0.25) is 0 Å². The summed E-state index contributed by atoms with van der Waals surface area (Å²) in [6.07, 6.45) is 17.2. The first-order valence-corrected chi connectivity index (χ1v) is 13.4. The maximum atomic E-state index is 7.05. The van der Waals surface area contributed by atoms with E-state index in [1.165, 1.54) is 75.4 Å². The number of fused-ring (bicyclic) bond motifs is 3. The standard InChI is InChI=1S/C30H50O/c1-21-11-9-17-27(3,4)23(21)13-12-22(2)24-14-15-26-29(7)19-10-18-28(5,6)25(29)16-20-30(26,8)31-24/h12,23-26H,1,9-11,13-20H2,2-8H3/t23-,24-,25+,26-,29+,30-/m1/s1. The number of allylic oxidation sites excluding steroid dienone is 2. The van der Waals surface area contributed by atoms with E-state index < -0.39 is 0 Å². The number of hydrogen-bond acceptors (Lipinski definition) is 1. The van der Waals surface area contributed by atoms with Gasteiger partial charge in [-0.3, -0.25) is 0 Å². The zero-order valence-corrected chi connectivity index (χ0v) is 21.8. The van der Waals surface area contributed by atoms with Gasteiger partial charge in [-0.1, -0.05) is 59.3 Å². The first-order chi connectivity index (χ1) is 14.4. The third-order valence-electron chi connectivity index (χ3n) is 10.8. The van der Waals surface area contributed by atoms with Gasteiger partial charge < -0.3 is 4.74 Å². The van der Waals surface area contributed by atoms with E-state index in [0.717, 1.165) is 18.3 Å². The molecule has 3 aliphatic carbocycles. The van der Waals surface area contributed by atoms with Crippen LogP contribution in [0.4, 0.5) is 0 Å². The van der Waals surface area contributed by atoms with E-state index in [4.69, 9.17) is 4.74 Å². The molecule has 176 valence electrons. The molecule has 0 amide bonds. The molecule has 0 aromatic heterocycles. The fourth-order valence-corrected chi connectivity index (χ4v) is 9.00. The van der Waals surface area contributed by atoms with Crippen LogP contribution in [-0.2, 0) is 4.74 Å². The summed E-state index contributed by atoms with van der Waals surface area (Å²) in [5.74, 6) is 2.21. The average Bonchev–Trinajstić information content (AvgIpc) is 2.65. The number of rotatable bonds is 3. The van der Waals surface area contributed by atoms with Crippen LogP contribution in [0.3, 0.4) is 0 Å². The zero-order valence-electron chi connectivity index (χ0n) is 21.8. The summed E-state index contributed by atoms with van der Waals surface area (Å²) in [4.78, 5) is 0. The van der Waals surface area contributed by atoms with Crippen molar-refractivity contribution >= 4 is 0 Å². The Labute approximate surface area is 193 Å². The van der Waals surface area contributed by atoms with Gasteiger partial charge >= 0.3 is 0 Å². The SMILES string of the molecule is C=C1CCCC(C)(C)[C@@H]1CC=C(C)[C@H]1CC[C@@H]2[C@@]3(C)CCCC(C)(C)[C@@H]3CC[C@@]2(C)O1. The molecule has 4 fully saturated rings. The van der Waals surface area contributed by atoms with Crippen molar-refractivity contribution in [1.29, 1.82) is 0 Å². The molecular formula is C30H50O. The van der Waals surface area contributed by atoms with Gasteiger partial charge in [0.1, 0.15) is 0 Å². The van der Waals surface area contributed by atoms with Crippen molar-refractivity contribution in [1.82, 2.24) is 0 Å². The fraction of sp³-hybridized carbons (Fsp3) is 0.867. The van der Waals surface area contributed by atoms with E-state index in [1.54, 1.807) is 0 Å². The molecule has 1 nitrogen and oxygen atoms in total. The lowest BCUT2D eigenvalue weighted by Gasteiger charge is -2.64. The maximum Gasteiger partial charge on any atom is 0.0790 e. The molecule has 31 heavy (non-hydrogen) atoms. The second kappa shape index (κ2) is 8.03. The van der Waals surface area contributed by atoms with E-state index >= 15 is 0 Å². The van der Waals surface area contributed by atoms with E-state index in [9.17, 15) is 0 Å². The predicted octanol–water partition coefficient (Wildman–Crippen LogP) is 8.89. The van der Waals surface area contributed by atoms with Gasteiger partial charge in [0.05, 0.1) is 11.7 Å². The highest BCUT2D eigenvalue weighted by molar-refractivity contribution is 5.17. The van der Waals surface area contributed by atoms with E-state index in [2.05, 4.69) is 61.1 Å². The van der Waals surface area contributed by atoms with Gasteiger partial charge in [-0.2, -0.15) is 0 Å². The Hall–Kier alpha value is -0.560. The smallest absolute Gasteiger partial charge is 0.0790 e. The molecule has 0 N–H and O–H groups in total. The van der Waals surface area contributed by atoms with Crippen molar-refractivity contribution in [2.45, 2.75) is 131 Å². The highest BCUT2D eigenvalue weighted by Gasteiger charge is 2.60. The van der Waals surface area contributed by atoms with Crippen LogP contribution in [0.15, 0.2) is 23.8 Å². The average molecular weight is 427 g/mol. The molecule has 0 aromatic rings. The Morgan fingerprint density at radius 2 is 1.61 bits per heavy atom. The van der Waals surface area contributed by atoms with Crippen LogP contribution in [-0.4, -0.2) is 11.7 Å². The lowest BCUT2D eigenvalue weighted by molar-refractivity contribution is -0.229. The minimum atomic E-state index is 0.0599. The second-order valence-electron chi connectivity index (χ2n) is 13.7. The van der Waals surface area contributed by atoms with E-state index in [-0.39, 0.29) is 5.60 Å². The molecule has 6 atom stereocenters. The van der Waals surface area contributed by atoms with Gasteiger partial charge in [0.25, 0.3) is 0 Å². The summed E-state index contributed by atoms with van der Waals surface area (Å²) in [5, 5.41) is 0. The summed E-state index contributed by atoms with van der Waals surface area (Å²) in [7, 11) is 0. The minimum Gasteiger partial charge on any atom is -0.367 e. The second-order valence-corrected chi connectivity index (χ2v) is 13.7. The van der Waals surface area contributed by atoms with Crippen LogP contribution in [0.25, 0.3) is 0 Å². The first kappa shape index (κ1) is 23.6. The Kier molecular flexibility index (Phi) is 6.11. The Balaban J connectivity index is 1.47. The Morgan fingerprint density at radius 1 is 0.903 bits per heavy atom. The lowest BCUT2D eigenvalue weighted by atomic mass is 9.44. The molecular weight excluding hydrogens is 376 g/mol. The van der Waals surface area contributed by atoms with Gasteiger partial charge in [-0.25, -0.2) is 0 Å². The molecule has 3 saturated carbocycles. The van der Waals surface area contributed by atoms with Crippen molar-refractivity contribution in [3.8, 4) is 0 Å². The van der Waals surface area contributed by atoms with Gasteiger partial charge in [0.2, 0.25) is 0 Å². The third kappa shape index (κ3) is 4.11. The van der Waals surface area contributed by atoms with Gasteiger partial charge in [-0.05, 0) is 118 Å². The van der Waals surface area contributed by atoms with Gasteiger partial charge in [0, 0.05) is 0 Å². The van der Waals surface area contributed by atoms with Crippen molar-refractivity contribution in [3.63, 3.8) is 0 Å². The lowest BCUT2D eigenvalue weighted by Crippen LogP contribution is -2.61. The largest absolute Gasteiger partial charge is 0.367 e. The normalized spacial score (nSPS) is 45.0. The topological polar surface area (TPSA) is 9.23 Å². The molecule has 0 bridgehead atoms. The number of hydrogen-bond donors (Lipinski definition) is 0. The monoisotopic (exact) mass is 426 g/mol. The fourth-order valence-electron chi connectivity index (χ4n) is 9.00. The van der Waals surface area contributed by atoms with Gasteiger partial charge in [-0.15, -0.1) is 0 Å². The molecule has 0 spiro atoms. The first-order valence-electron chi connectivity index (χ1n) is 13.4. The van der Waals surface area contributed by atoms with Crippen molar-refractivity contribution < 1.29 is 4.74 Å². The van der Waals surface area contributed by atoms with Crippen LogP contribution >= 0.6 is 0 Å². The Bertz CT molecular complexity index is 727. The van der Waals surface area contributed by atoms with Crippen LogP contribution < -0.4 is 0 Å². The highest BCUT2D eigenvalue weighted by Crippen LogP contribution is 2.65. The van der Waals surface area contributed by atoms with Gasteiger partial charge in [0.15, 0.2) is 0 Å². The minimum absolute atomic E-state index is 0.0599. The molecule has 1 heterocycles. The van der Waals surface area contributed by atoms with E-state index in [0.29, 0.717) is 28.3 Å². The number of ether oxygens (including phenoxy) is 1. The van der Waals surface area contributed by atoms with Crippen molar-refractivity contribution in [2.24, 2.45) is 34.0 Å². The van der Waals surface area contributed by atoms with Crippen LogP contribution in [0.1, 0.15) is 119 Å². The molecule has 1 aliphatic heterocycles. The zero-order chi connectivity index (χ0) is 22.7. The molecule has 0 aromatic carbocycles. The Morgan fingerprint density at radius 3 is 2.32 bits per heavy atom. The third-order valence-corrected chi connectivity index (χ3v) is 10.8.